The van der Waals surface area contributed by atoms with E-state index in [4.69, 9.17) is 24.4 Å². The molecule has 0 spiro atoms. The van der Waals surface area contributed by atoms with Crippen LogP contribution in [0.1, 0.15) is 17.2 Å². The second-order valence-corrected chi connectivity index (χ2v) is 5.70. The van der Waals surface area contributed by atoms with Gasteiger partial charge in [0, 0.05) is 0 Å². The number of benzene rings is 2. The van der Waals surface area contributed by atoms with Gasteiger partial charge in [-0.25, -0.2) is 0 Å². The summed E-state index contributed by atoms with van der Waals surface area (Å²) in [5, 5.41) is 37.5. The van der Waals surface area contributed by atoms with Gasteiger partial charge < -0.3 is 34.6 Å². The van der Waals surface area contributed by atoms with Crippen molar-refractivity contribution in [1.82, 2.24) is 0 Å². The van der Waals surface area contributed by atoms with Crippen LogP contribution >= 0.6 is 0 Å². The first kappa shape index (κ1) is 20.7. The third-order valence-corrected chi connectivity index (χ3v) is 3.90. The smallest absolute Gasteiger partial charge is 0.169 e. The molecule has 0 bridgehead atoms. The van der Waals surface area contributed by atoms with Crippen LogP contribution in [0.2, 0.25) is 0 Å². The minimum atomic E-state index is -1.29. The Hall–Kier alpha value is -2.58. The molecule has 0 saturated carbocycles. The minimum Gasteiger partial charge on any atom is -0.493 e. The molecular weight excluding hydrogens is 352 g/mol. The number of hydrogen-bond donors (Lipinski definition) is 4. The summed E-state index contributed by atoms with van der Waals surface area (Å²) >= 11 is 0. The molecule has 7 nitrogen and oxygen atoms in total. The van der Waals surface area contributed by atoms with E-state index in [1.807, 2.05) is 6.07 Å². The van der Waals surface area contributed by atoms with Gasteiger partial charge in [0.1, 0.15) is 12.2 Å². The molecule has 0 radical (unpaired) electrons. The molecule has 2 rings (SSSR count). The first-order chi connectivity index (χ1) is 13.0. The first-order valence-corrected chi connectivity index (χ1v) is 8.32. The molecule has 0 unspecified atom stereocenters. The van der Waals surface area contributed by atoms with E-state index in [1.54, 1.807) is 36.4 Å². The van der Waals surface area contributed by atoms with Crippen molar-refractivity contribution in [2.24, 2.45) is 0 Å². The number of aliphatic hydroxyl groups excluding tert-OH is 4. The second-order valence-electron chi connectivity index (χ2n) is 5.70. The van der Waals surface area contributed by atoms with Crippen LogP contribution in [-0.4, -0.2) is 54.0 Å². The molecule has 0 aliphatic carbocycles. The zero-order valence-corrected chi connectivity index (χ0v) is 15.2. The van der Waals surface area contributed by atoms with Crippen molar-refractivity contribution < 1.29 is 34.6 Å². The maximum Gasteiger partial charge on any atom is 0.169 e. The molecule has 0 aliphatic heterocycles. The Kier molecular flexibility index (Phi) is 7.63. The van der Waals surface area contributed by atoms with Crippen LogP contribution in [0.5, 0.6) is 23.0 Å². The van der Waals surface area contributed by atoms with Gasteiger partial charge in [-0.05, 0) is 35.4 Å². The van der Waals surface area contributed by atoms with Gasteiger partial charge in [0.2, 0.25) is 0 Å². The third-order valence-electron chi connectivity index (χ3n) is 3.90. The molecule has 0 heterocycles. The molecule has 27 heavy (non-hydrogen) atoms. The molecule has 0 saturated heterocycles. The van der Waals surface area contributed by atoms with Crippen molar-refractivity contribution in [3.63, 3.8) is 0 Å². The zero-order chi connectivity index (χ0) is 19.8. The van der Waals surface area contributed by atoms with Crippen molar-refractivity contribution in [3.05, 3.63) is 53.6 Å². The Morgan fingerprint density at radius 1 is 0.889 bits per heavy atom. The summed E-state index contributed by atoms with van der Waals surface area (Å²) in [6, 6.07) is 10.0. The van der Waals surface area contributed by atoms with E-state index >= 15 is 0 Å². The zero-order valence-electron chi connectivity index (χ0n) is 15.2. The molecule has 4 N–H and O–H groups in total. The van der Waals surface area contributed by atoms with Crippen molar-refractivity contribution in [2.45, 2.75) is 12.2 Å². The van der Waals surface area contributed by atoms with Crippen LogP contribution in [0.25, 0.3) is 6.08 Å². The molecule has 2 aromatic rings. The Morgan fingerprint density at radius 3 is 2.11 bits per heavy atom. The number of aliphatic hydroxyl groups is 4. The van der Waals surface area contributed by atoms with Gasteiger partial charge in [0.25, 0.3) is 0 Å². The summed E-state index contributed by atoms with van der Waals surface area (Å²) in [5.74, 6) is 1.70. The Balaban J connectivity index is 2.30. The molecule has 146 valence electrons. The molecule has 7 heteroatoms. The molecular formula is C20H24O7. The largest absolute Gasteiger partial charge is 0.493 e. The van der Waals surface area contributed by atoms with Gasteiger partial charge in [0.05, 0.1) is 27.4 Å². The monoisotopic (exact) mass is 376 g/mol. The van der Waals surface area contributed by atoms with Crippen LogP contribution < -0.4 is 14.2 Å². The molecule has 2 aromatic carbocycles. The fourth-order valence-electron chi connectivity index (χ4n) is 2.45. The second kappa shape index (κ2) is 9.94. The summed E-state index contributed by atoms with van der Waals surface area (Å²) in [6.07, 6.45) is 0.838. The van der Waals surface area contributed by atoms with Crippen molar-refractivity contribution in [3.8, 4) is 23.0 Å². The fourth-order valence-corrected chi connectivity index (χ4v) is 2.45. The van der Waals surface area contributed by atoms with E-state index in [9.17, 15) is 10.2 Å². The van der Waals surface area contributed by atoms with Gasteiger partial charge in [-0.1, -0.05) is 24.3 Å². The number of rotatable bonds is 9. The van der Waals surface area contributed by atoms with Crippen molar-refractivity contribution in [2.75, 3.05) is 27.4 Å². The standard InChI is InChI=1S/C20H24O7/c1-25-18-10-13(4-3-9-21)5-7-16(18)27-17-8-6-14(11-19(17)26-2)20(24)15(23)12-22/h3-8,10-11,15,20-24H,9,12H2,1-2H3/b4-3+/t15-,20+/m1/s1. The average molecular weight is 376 g/mol. The number of hydrogen-bond acceptors (Lipinski definition) is 7. The predicted octanol–water partition coefficient (Wildman–Crippen LogP) is 1.89. The van der Waals surface area contributed by atoms with E-state index in [0.29, 0.717) is 28.6 Å². The lowest BCUT2D eigenvalue weighted by Crippen LogP contribution is -2.22. The van der Waals surface area contributed by atoms with Gasteiger partial charge >= 0.3 is 0 Å². The number of ether oxygens (including phenoxy) is 3. The highest BCUT2D eigenvalue weighted by atomic mass is 16.5. The maximum absolute atomic E-state index is 10.0. The van der Waals surface area contributed by atoms with Gasteiger partial charge in [-0.3, -0.25) is 0 Å². The summed E-state index contributed by atoms with van der Waals surface area (Å²) < 4.78 is 16.6. The highest BCUT2D eigenvalue weighted by Crippen LogP contribution is 2.38. The summed E-state index contributed by atoms with van der Waals surface area (Å²) in [7, 11) is 2.98. The third kappa shape index (κ3) is 5.21. The van der Waals surface area contributed by atoms with Crippen LogP contribution in [0.3, 0.4) is 0 Å². The minimum absolute atomic E-state index is 0.0546. The molecule has 0 aromatic heterocycles. The van der Waals surface area contributed by atoms with Crippen LogP contribution in [0.4, 0.5) is 0 Å². The number of methoxy groups -OCH3 is 2. The van der Waals surface area contributed by atoms with Crippen LogP contribution in [0, 0.1) is 0 Å². The lowest BCUT2D eigenvalue weighted by molar-refractivity contribution is -0.0153. The van der Waals surface area contributed by atoms with Crippen molar-refractivity contribution >= 4 is 6.08 Å². The van der Waals surface area contributed by atoms with E-state index in [0.717, 1.165) is 5.56 Å². The molecule has 2 atom stereocenters. The normalized spacial score (nSPS) is 13.4. The summed E-state index contributed by atoms with van der Waals surface area (Å²) in [4.78, 5) is 0. The highest BCUT2D eigenvalue weighted by molar-refractivity contribution is 5.57. The maximum atomic E-state index is 10.0. The topological polar surface area (TPSA) is 109 Å². The Labute approximate surface area is 157 Å². The summed E-state index contributed by atoms with van der Waals surface area (Å²) in [6.45, 7) is -0.614. The van der Waals surface area contributed by atoms with Gasteiger partial charge in [-0.15, -0.1) is 0 Å². The molecule has 0 amide bonds. The first-order valence-electron chi connectivity index (χ1n) is 8.32. The van der Waals surface area contributed by atoms with E-state index in [-0.39, 0.29) is 6.61 Å². The molecule has 0 aliphatic rings. The highest BCUT2D eigenvalue weighted by Gasteiger charge is 2.20. The van der Waals surface area contributed by atoms with E-state index < -0.39 is 18.8 Å². The van der Waals surface area contributed by atoms with Gasteiger partial charge in [-0.2, -0.15) is 0 Å². The van der Waals surface area contributed by atoms with Gasteiger partial charge in [0.15, 0.2) is 23.0 Å². The fraction of sp³-hybridized carbons (Fsp3) is 0.300. The van der Waals surface area contributed by atoms with Crippen LogP contribution in [-0.2, 0) is 0 Å². The lowest BCUT2D eigenvalue weighted by atomic mass is 10.0. The summed E-state index contributed by atoms with van der Waals surface area (Å²) in [5.41, 5.74) is 1.23. The Morgan fingerprint density at radius 2 is 1.52 bits per heavy atom. The van der Waals surface area contributed by atoms with E-state index in [1.165, 1.54) is 20.3 Å². The van der Waals surface area contributed by atoms with Crippen LogP contribution in [0.15, 0.2) is 42.5 Å². The van der Waals surface area contributed by atoms with E-state index in [2.05, 4.69) is 0 Å². The molecule has 0 fully saturated rings. The van der Waals surface area contributed by atoms with Crippen molar-refractivity contribution in [1.29, 1.82) is 0 Å². The quantitative estimate of drug-likeness (QED) is 0.529. The lowest BCUT2D eigenvalue weighted by Gasteiger charge is -2.18. The average Bonchev–Trinajstić information content (AvgIpc) is 2.71. The predicted molar refractivity (Wildman–Crippen MR) is 100 cm³/mol. The SMILES string of the molecule is COc1cc(/C=C/CO)ccc1Oc1ccc([C@H](O)[C@H](O)CO)cc1OC. The Bertz CT molecular complexity index is 773.